The number of hydrogen-bond donors (Lipinski definition) is 1. The van der Waals surface area contributed by atoms with Crippen molar-refractivity contribution in [2.75, 3.05) is 19.7 Å². The van der Waals surface area contributed by atoms with Gasteiger partial charge >= 0.3 is 5.97 Å². The van der Waals surface area contributed by atoms with E-state index < -0.39 is 5.97 Å². The van der Waals surface area contributed by atoms with Crippen molar-refractivity contribution >= 4 is 34.5 Å². The van der Waals surface area contributed by atoms with E-state index in [0.717, 1.165) is 3.57 Å². The summed E-state index contributed by atoms with van der Waals surface area (Å²) in [6, 6.07) is 4.82. The maximum Gasteiger partial charge on any atom is 0.339 e. The van der Waals surface area contributed by atoms with E-state index in [1.54, 1.807) is 17.0 Å². The number of amides is 1. The first kappa shape index (κ1) is 15.7. The van der Waals surface area contributed by atoms with Crippen molar-refractivity contribution in [1.29, 1.82) is 0 Å². The van der Waals surface area contributed by atoms with Crippen molar-refractivity contribution in [2.45, 2.75) is 13.8 Å². The molecule has 0 heterocycles. The summed E-state index contributed by atoms with van der Waals surface area (Å²) in [7, 11) is 0. The fourth-order valence-electron chi connectivity index (χ4n) is 1.60. The summed E-state index contributed by atoms with van der Waals surface area (Å²) in [6.45, 7) is 4.83. The highest BCUT2D eigenvalue weighted by Gasteiger charge is 2.15. The predicted molar refractivity (Wildman–Crippen MR) is 79.5 cm³/mol. The zero-order valence-electron chi connectivity index (χ0n) is 10.9. The summed E-state index contributed by atoms with van der Waals surface area (Å²) in [6.07, 6.45) is 0. The molecule has 1 N–H and O–H groups in total. The number of aromatic carboxylic acids is 1. The molecular formula is C13H16INO4. The van der Waals surface area contributed by atoms with Gasteiger partial charge in [-0.05, 0) is 54.6 Å². The first-order valence-electron chi connectivity index (χ1n) is 5.93. The van der Waals surface area contributed by atoms with Crippen molar-refractivity contribution in [1.82, 2.24) is 4.90 Å². The van der Waals surface area contributed by atoms with Crippen molar-refractivity contribution in [3.8, 4) is 5.75 Å². The SMILES string of the molecule is CCN(CC)C(=O)COc1ccc(I)cc1C(=O)O. The Morgan fingerprint density at radius 1 is 1.32 bits per heavy atom. The molecule has 0 fully saturated rings. The van der Waals surface area contributed by atoms with Gasteiger partial charge in [-0.3, -0.25) is 4.79 Å². The number of nitrogens with zero attached hydrogens (tertiary/aromatic N) is 1. The summed E-state index contributed by atoms with van der Waals surface area (Å²) in [5.74, 6) is -1.00. The van der Waals surface area contributed by atoms with Crippen LogP contribution in [0.25, 0.3) is 0 Å². The molecule has 0 bridgehead atoms. The van der Waals surface area contributed by atoms with Crippen molar-refractivity contribution < 1.29 is 19.4 Å². The lowest BCUT2D eigenvalue weighted by Gasteiger charge is -2.19. The molecular weight excluding hydrogens is 361 g/mol. The highest BCUT2D eigenvalue weighted by Crippen LogP contribution is 2.21. The molecule has 19 heavy (non-hydrogen) atoms. The summed E-state index contributed by atoms with van der Waals surface area (Å²) in [5.41, 5.74) is 0.0687. The predicted octanol–water partition coefficient (Wildman–Crippen LogP) is 2.24. The van der Waals surface area contributed by atoms with Crippen LogP contribution in [0.15, 0.2) is 18.2 Å². The van der Waals surface area contributed by atoms with E-state index >= 15 is 0 Å². The molecule has 1 aromatic rings. The van der Waals surface area contributed by atoms with E-state index in [1.165, 1.54) is 6.07 Å². The first-order valence-corrected chi connectivity index (χ1v) is 7.00. The highest BCUT2D eigenvalue weighted by molar-refractivity contribution is 14.1. The Kier molecular flexibility index (Phi) is 6.07. The molecule has 0 saturated heterocycles. The number of likely N-dealkylation sites (N-methyl/N-ethyl adjacent to an activating group) is 1. The zero-order valence-corrected chi connectivity index (χ0v) is 13.0. The third-order valence-electron chi connectivity index (χ3n) is 2.64. The first-order chi connectivity index (χ1) is 8.99. The number of halogens is 1. The van der Waals surface area contributed by atoms with Gasteiger partial charge in [0.05, 0.1) is 0 Å². The molecule has 6 heteroatoms. The number of carbonyl (C=O) groups is 2. The van der Waals surface area contributed by atoms with Gasteiger partial charge in [0.25, 0.3) is 5.91 Å². The number of hydrogen-bond acceptors (Lipinski definition) is 3. The number of carboxylic acid groups (broad SMARTS) is 1. The minimum Gasteiger partial charge on any atom is -0.483 e. The van der Waals surface area contributed by atoms with Crippen LogP contribution < -0.4 is 4.74 Å². The fraction of sp³-hybridized carbons (Fsp3) is 0.385. The Morgan fingerprint density at radius 2 is 1.95 bits per heavy atom. The van der Waals surface area contributed by atoms with Crippen molar-refractivity contribution in [3.05, 3.63) is 27.3 Å². The lowest BCUT2D eigenvalue weighted by molar-refractivity contribution is -0.132. The number of carbonyl (C=O) groups excluding carboxylic acids is 1. The molecule has 0 unspecified atom stereocenters. The maximum absolute atomic E-state index is 11.8. The lowest BCUT2D eigenvalue weighted by Crippen LogP contribution is -2.34. The molecule has 0 aliphatic rings. The molecule has 0 spiro atoms. The largest absolute Gasteiger partial charge is 0.483 e. The molecule has 0 aliphatic heterocycles. The average molecular weight is 377 g/mol. The third-order valence-corrected chi connectivity index (χ3v) is 3.31. The van der Waals surface area contributed by atoms with Gasteiger partial charge in [0, 0.05) is 16.7 Å². The van der Waals surface area contributed by atoms with Gasteiger partial charge in [0.1, 0.15) is 11.3 Å². The van der Waals surface area contributed by atoms with Gasteiger partial charge in [0.15, 0.2) is 6.61 Å². The van der Waals surface area contributed by atoms with Crippen LogP contribution >= 0.6 is 22.6 Å². The monoisotopic (exact) mass is 377 g/mol. The summed E-state index contributed by atoms with van der Waals surface area (Å²) >= 11 is 2.03. The van der Waals surface area contributed by atoms with Crippen LogP contribution in [0.1, 0.15) is 24.2 Å². The Balaban J connectivity index is 2.78. The van der Waals surface area contributed by atoms with Crippen LogP contribution in [0.4, 0.5) is 0 Å². The van der Waals surface area contributed by atoms with Crippen LogP contribution in [-0.2, 0) is 4.79 Å². The number of benzene rings is 1. The molecule has 0 aromatic heterocycles. The zero-order chi connectivity index (χ0) is 14.4. The number of carboxylic acids is 1. The molecule has 104 valence electrons. The third kappa shape index (κ3) is 4.38. The standard InChI is InChI=1S/C13H16INO4/c1-3-15(4-2)12(16)8-19-11-6-5-9(14)7-10(11)13(17)18/h5-7H,3-4,8H2,1-2H3,(H,17,18). The van der Waals surface area contributed by atoms with Gasteiger partial charge in [-0.1, -0.05) is 0 Å². The van der Waals surface area contributed by atoms with E-state index in [-0.39, 0.29) is 23.8 Å². The second-order valence-electron chi connectivity index (χ2n) is 3.80. The molecule has 0 radical (unpaired) electrons. The topological polar surface area (TPSA) is 66.8 Å². The smallest absolute Gasteiger partial charge is 0.339 e. The van der Waals surface area contributed by atoms with Crippen molar-refractivity contribution in [3.63, 3.8) is 0 Å². The quantitative estimate of drug-likeness (QED) is 0.773. The van der Waals surface area contributed by atoms with Gasteiger partial charge in [-0.15, -0.1) is 0 Å². The van der Waals surface area contributed by atoms with E-state index in [9.17, 15) is 9.59 Å². The van der Waals surface area contributed by atoms with Gasteiger partial charge in [-0.25, -0.2) is 4.79 Å². The molecule has 0 saturated carbocycles. The Bertz CT molecular complexity index is 472. The molecule has 1 aromatic carbocycles. The number of ether oxygens (including phenoxy) is 1. The molecule has 1 amide bonds. The highest BCUT2D eigenvalue weighted by atomic mass is 127. The number of rotatable bonds is 6. The van der Waals surface area contributed by atoms with Crippen LogP contribution in [0, 0.1) is 3.57 Å². The van der Waals surface area contributed by atoms with E-state index in [2.05, 4.69) is 0 Å². The Hall–Kier alpha value is -1.31. The van der Waals surface area contributed by atoms with Gasteiger partial charge in [0.2, 0.25) is 0 Å². The minimum absolute atomic E-state index is 0.0687. The summed E-state index contributed by atoms with van der Waals surface area (Å²) in [4.78, 5) is 24.5. The second-order valence-corrected chi connectivity index (χ2v) is 5.05. The van der Waals surface area contributed by atoms with E-state index in [4.69, 9.17) is 9.84 Å². The van der Waals surface area contributed by atoms with Gasteiger partial charge < -0.3 is 14.7 Å². The van der Waals surface area contributed by atoms with Crippen LogP contribution in [0.3, 0.4) is 0 Å². The van der Waals surface area contributed by atoms with Crippen LogP contribution in [-0.4, -0.2) is 41.6 Å². The van der Waals surface area contributed by atoms with Crippen LogP contribution in [0.2, 0.25) is 0 Å². The molecule has 0 atom stereocenters. The van der Waals surface area contributed by atoms with Crippen LogP contribution in [0.5, 0.6) is 5.75 Å². The minimum atomic E-state index is -1.07. The summed E-state index contributed by atoms with van der Waals surface area (Å²) in [5, 5.41) is 9.08. The normalized spacial score (nSPS) is 10.1. The van der Waals surface area contributed by atoms with Gasteiger partial charge in [-0.2, -0.15) is 0 Å². The molecule has 0 aliphatic carbocycles. The lowest BCUT2D eigenvalue weighted by atomic mass is 10.2. The second kappa shape index (κ2) is 7.32. The fourth-order valence-corrected chi connectivity index (χ4v) is 2.09. The Labute approximate surface area is 125 Å². The summed E-state index contributed by atoms with van der Waals surface area (Å²) < 4.78 is 6.13. The average Bonchev–Trinajstić information content (AvgIpc) is 2.38. The Morgan fingerprint density at radius 3 is 2.47 bits per heavy atom. The van der Waals surface area contributed by atoms with E-state index in [1.807, 2.05) is 36.4 Å². The maximum atomic E-state index is 11.8. The van der Waals surface area contributed by atoms with E-state index in [0.29, 0.717) is 13.1 Å². The molecule has 5 nitrogen and oxygen atoms in total. The van der Waals surface area contributed by atoms with Crippen molar-refractivity contribution in [2.24, 2.45) is 0 Å². The molecule has 1 rings (SSSR count).